The minimum Gasteiger partial charge on any atom is -0.366 e. The van der Waals surface area contributed by atoms with Gasteiger partial charge in [0, 0.05) is 11.1 Å². The summed E-state index contributed by atoms with van der Waals surface area (Å²) in [5, 5.41) is 2.22. The molecule has 1 aromatic rings. The topological polar surface area (TPSA) is 98.2 Å². The zero-order chi connectivity index (χ0) is 11.4. The molecule has 0 radical (unpaired) electrons. The summed E-state index contributed by atoms with van der Waals surface area (Å²) in [4.78, 5) is 21.7. The second-order valence-electron chi connectivity index (χ2n) is 2.73. The van der Waals surface area contributed by atoms with Gasteiger partial charge in [0.15, 0.2) is 0 Å². The molecule has 0 saturated heterocycles. The highest BCUT2D eigenvalue weighted by atomic mass is 32.1. The quantitative estimate of drug-likeness (QED) is 0.621. The molecule has 1 aromatic carbocycles. The fourth-order valence-corrected chi connectivity index (χ4v) is 1.35. The minimum absolute atomic E-state index is 0.0805. The molecule has 0 saturated carbocycles. The van der Waals surface area contributed by atoms with Crippen molar-refractivity contribution in [1.82, 2.24) is 5.32 Å². The van der Waals surface area contributed by atoms with Crippen molar-refractivity contribution >= 4 is 29.1 Å². The minimum atomic E-state index is -0.778. The number of nitrogens with two attached hydrogens (primary N) is 2. The Hall–Kier alpha value is -1.95. The van der Waals surface area contributed by atoms with E-state index in [0.29, 0.717) is 5.56 Å². The van der Waals surface area contributed by atoms with Crippen molar-refractivity contribution in [2.24, 2.45) is 11.5 Å². The van der Waals surface area contributed by atoms with Crippen molar-refractivity contribution in [3.05, 3.63) is 35.4 Å². The first kappa shape index (κ1) is 11.1. The number of rotatable bonds is 2. The van der Waals surface area contributed by atoms with E-state index in [1.54, 1.807) is 18.2 Å². The zero-order valence-electron chi connectivity index (χ0n) is 7.69. The number of carbonyl (C=O) groups is 2. The molecule has 3 amide bonds. The van der Waals surface area contributed by atoms with Crippen molar-refractivity contribution in [3.63, 3.8) is 0 Å². The van der Waals surface area contributed by atoms with Crippen LogP contribution in [0.2, 0.25) is 0 Å². The largest absolute Gasteiger partial charge is 0.366 e. The lowest BCUT2D eigenvalue weighted by atomic mass is 10.1. The molecule has 0 spiro atoms. The third kappa shape index (κ3) is 2.75. The molecular formula is C9H9N3O2S. The van der Waals surface area contributed by atoms with Gasteiger partial charge in [0.25, 0.3) is 0 Å². The summed E-state index contributed by atoms with van der Waals surface area (Å²) in [6.07, 6.45) is 0. The Morgan fingerprint density at radius 3 is 2.13 bits per heavy atom. The van der Waals surface area contributed by atoms with Crippen LogP contribution in [-0.2, 0) is 0 Å². The maximum Gasteiger partial charge on any atom is 0.317 e. The van der Waals surface area contributed by atoms with Crippen LogP contribution in [0.1, 0.15) is 15.9 Å². The smallest absolute Gasteiger partial charge is 0.317 e. The van der Waals surface area contributed by atoms with Crippen LogP contribution in [0.25, 0.3) is 0 Å². The number of hydrogen-bond donors (Lipinski definition) is 3. The predicted octanol–water partition coefficient (Wildman–Crippen LogP) is 0.129. The standard InChI is InChI=1S/C9H9N3O2S/c10-7(13)5-3-1-2-4-6(5)8(15)12-9(11)14/h1-4H,(H2,10,13)(H3,11,12,14,15). The van der Waals surface area contributed by atoms with E-state index in [0.717, 1.165) is 0 Å². The number of thiocarbonyl (C=S) groups is 1. The molecule has 6 heteroatoms. The van der Waals surface area contributed by atoms with Crippen LogP contribution in [-0.4, -0.2) is 16.9 Å². The van der Waals surface area contributed by atoms with Gasteiger partial charge in [0.2, 0.25) is 5.91 Å². The van der Waals surface area contributed by atoms with Gasteiger partial charge in [0.1, 0.15) is 4.99 Å². The molecular weight excluding hydrogens is 214 g/mol. The number of hydrogen-bond acceptors (Lipinski definition) is 3. The molecule has 0 aliphatic carbocycles. The summed E-state index contributed by atoms with van der Waals surface area (Å²) in [6.45, 7) is 0. The van der Waals surface area contributed by atoms with E-state index in [1.165, 1.54) is 6.07 Å². The molecule has 15 heavy (non-hydrogen) atoms. The highest BCUT2D eigenvalue weighted by Gasteiger charge is 2.11. The first-order valence-corrected chi connectivity index (χ1v) is 4.43. The summed E-state index contributed by atoms with van der Waals surface area (Å²) in [5.41, 5.74) is 10.7. The van der Waals surface area contributed by atoms with Crippen molar-refractivity contribution in [1.29, 1.82) is 0 Å². The van der Waals surface area contributed by atoms with Gasteiger partial charge in [-0.2, -0.15) is 0 Å². The summed E-state index contributed by atoms with van der Waals surface area (Å²) in [7, 11) is 0. The monoisotopic (exact) mass is 223 g/mol. The van der Waals surface area contributed by atoms with Crippen LogP contribution in [0.5, 0.6) is 0 Å². The highest BCUT2D eigenvalue weighted by molar-refractivity contribution is 7.80. The van der Waals surface area contributed by atoms with E-state index >= 15 is 0 Å². The third-order valence-corrected chi connectivity index (χ3v) is 2.00. The zero-order valence-corrected chi connectivity index (χ0v) is 8.51. The normalized spacial score (nSPS) is 9.33. The highest BCUT2D eigenvalue weighted by Crippen LogP contribution is 2.08. The SMILES string of the molecule is NC(=O)NC(=S)c1ccccc1C(N)=O. The van der Waals surface area contributed by atoms with Crippen molar-refractivity contribution in [2.45, 2.75) is 0 Å². The molecule has 5 nitrogen and oxygen atoms in total. The second kappa shape index (κ2) is 4.52. The molecule has 0 fully saturated rings. The first-order valence-electron chi connectivity index (χ1n) is 4.02. The number of benzene rings is 1. The predicted molar refractivity (Wildman–Crippen MR) is 59.4 cm³/mol. The van der Waals surface area contributed by atoms with Gasteiger partial charge < -0.3 is 11.5 Å². The second-order valence-corrected chi connectivity index (χ2v) is 3.14. The van der Waals surface area contributed by atoms with E-state index in [9.17, 15) is 9.59 Å². The molecule has 0 unspecified atom stereocenters. The van der Waals surface area contributed by atoms with Crippen LogP contribution in [0.15, 0.2) is 24.3 Å². The van der Waals surface area contributed by atoms with E-state index in [-0.39, 0.29) is 10.6 Å². The Kier molecular flexibility index (Phi) is 3.35. The van der Waals surface area contributed by atoms with Crippen LogP contribution >= 0.6 is 12.2 Å². The van der Waals surface area contributed by atoms with Gasteiger partial charge >= 0.3 is 6.03 Å². The number of amides is 3. The van der Waals surface area contributed by atoms with Gasteiger partial charge in [0.05, 0.1) is 0 Å². The first-order chi connectivity index (χ1) is 7.02. The molecule has 0 atom stereocenters. The van der Waals surface area contributed by atoms with Crippen molar-refractivity contribution in [2.75, 3.05) is 0 Å². The summed E-state index contributed by atoms with van der Waals surface area (Å²) in [6, 6.07) is 5.65. The van der Waals surface area contributed by atoms with E-state index in [1.807, 2.05) is 0 Å². The van der Waals surface area contributed by atoms with Gasteiger partial charge in [-0.05, 0) is 6.07 Å². The third-order valence-electron chi connectivity index (χ3n) is 1.67. The lowest BCUT2D eigenvalue weighted by molar-refractivity contribution is 0.1000. The average Bonchev–Trinajstić information content (AvgIpc) is 2.16. The van der Waals surface area contributed by atoms with Gasteiger partial charge in [-0.1, -0.05) is 30.4 Å². The lowest BCUT2D eigenvalue weighted by Gasteiger charge is -2.07. The van der Waals surface area contributed by atoms with Gasteiger partial charge in [-0.3, -0.25) is 10.1 Å². The van der Waals surface area contributed by atoms with Crippen LogP contribution in [0.4, 0.5) is 4.79 Å². The van der Waals surface area contributed by atoms with E-state index < -0.39 is 11.9 Å². The maximum absolute atomic E-state index is 11.0. The van der Waals surface area contributed by atoms with Crippen LogP contribution in [0, 0.1) is 0 Å². The Labute approximate surface area is 91.4 Å². The Morgan fingerprint density at radius 1 is 1.13 bits per heavy atom. The molecule has 0 bridgehead atoms. The molecule has 1 rings (SSSR count). The molecule has 0 aliphatic rings. The van der Waals surface area contributed by atoms with Crippen molar-refractivity contribution < 1.29 is 9.59 Å². The fourth-order valence-electron chi connectivity index (χ4n) is 1.08. The number of nitrogens with one attached hydrogen (secondary N) is 1. The number of carbonyl (C=O) groups excluding carboxylic acids is 2. The lowest BCUT2D eigenvalue weighted by Crippen LogP contribution is -2.35. The number of primary amides is 2. The average molecular weight is 223 g/mol. The molecule has 0 aromatic heterocycles. The van der Waals surface area contributed by atoms with E-state index in [4.69, 9.17) is 23.7 Å². The summed E-state index contributed by atoms with van der Waals surface area (Å²) in [5.74, 6) is -0.612. The van der Waals surface area contributed by atoms with E-state index in [2.05, 4.69) is 5.32 Å². The molecule has 5 N–H and O–H groups in total. The summed E-state index contributed by atoms with van der Waals surface area (Å²) >= 11 is 4.88. The molecule has 78 valence electrons. The molecule has 0 aliphatic heterocycles. The van der Waals surface area contributed by atoms with Crippen LogP contribution < -0.4 is 16.8 Å². The van der Waals surface area contributed by atoms with Crippen LogP contribution in [0.3, 0.4) is 0 Å². The van der Waals surface area contributed by atoms with Crippen molar-refractivity contribution in [3.8, 4) is 0 Å². The Balaban J connectivity index is 3.08. The Bertz CT molecular complexity index is 431. The maximum atomic E-state index is 11.0. The Morgan fingerprint density at radius 2 is 1.67 bits per heavy atom. The molecule has 0 heterocycles. The van der Waals surface area contributed by atoms with Gasteiger partial charge in [-0.25, -0.2) is 4.79 Å². The van der Waals surface area contributed by atoms with Gasteiger partial charge in [-0.15, -0.1) is 0 Å². The summed E-state index contributed by atoms with van der Waals surface area (Å²) < 4.78 is 0. The number of urea groups is 1. The fraction of sp³-hybridized carbons (Fsp3) is 0.